The van der Waals surface area contributed by atoms with Gasteiger partial charge in [0.2, 0.25) is 0 Å². The fraction of sp³-hybridized carbons (Fsp3) is 0.269. The van der Waals surface area contributed by atoms with E-state index in [2.05, 4.69) is 35.5 Å². The molecule has 1 fully saturated rings. The first-order valence-corrected chi connectivity index (χ1v) is 11.0. The number of likely N-dealkylation sites (tertiary alicyclic amines) is 1. The quantitative estimate of drug-likeness (QED) is 0.629. The van der Waals surface area contributed by atoms with Crippen LogP contribution in [0.2, 0.25) is 0 Å². The van der Waals surface area contributed by atoms with Crippen LogP contribution in [0.1, 0.15) is 44.7 Å². The van der Waals surface area contributed by atoms with Crippen molar-refractivity contribution >= 4 is 23.2 Å². The molecule has 0 radical (unpaired) electrons. The summed E-state index contributed by atoms with van der Waals surface area (Å²) in [5.74, 6) is -0.0856. The summed E-state index contributed by atoms with van der Waals surface area (Å²) < 4.78 is 0. The summed E-state index contributed by atoms with van der Waals surface area (Å²) in [5, 5.41) is 6.58. The molecule has 1 aliphatic rings. The Hall–Kier alpha value is -3.67. The number of carbonyl (C=O) groups excluding carboxylic acids is 2. The van der Waals surface area contributed by atoms with Crippen molar-refractivity contribution in [2.45, 2.75) is 32.7 Å². The third-order valence-corrected chi connectivity index (χ3v) is 6.09. The zero-order valence-electron chi connectivity index (χ0n) is 18.5. The Kier molecular flexibility index (Phi) is 6.50. The zero-order chi connectivity index (χ0) is 22.5. The van der Waals surface area contributed by atoms with Gasteiger partial charge in [0.25, 0.3) is 11.8 Å². The van der Waals surface area contributed by atoms with Gasteiger partial charge in [-0.1, -0.05) is 24.3 Å². The third kappa shape index (κ3) is 4.80. The summed E-state index contributed by atoms with van der Waals surface area (Å²) >= 11 is 0. The highest BCUT2D eigenvalue weighted by molar-refractivity contribution is 6.00. The van der Waals surface area contributed by atoms with Gasteiger partial charge in [-0.25, -0.2) is 0 Å². The van der Waals surface area contributed by atoms with Gasteiger partial charge in [-0.3, -0.25) is 14.6 Å². The second kappa shape index (κ2) is 9.64. The molecule has 4 rings (SSSR count). The van der Waals surface area contributed by atoms with E-state index in [9.17, 15) is 9.59 Å². The van der Waals surface area contributed by atoms with E-state index in [0.717, 1.165) is 29.8 Å². The minimum atomic E-state index is -0.0997. The van der Waals surface area contributed by atoms with E-state index >= 15 is 0 Å². The van der Waals surface area contributed by atoms with Crippen molar-refractivity contribution in [3.05, 3.63) is 89.2 Å². The molecule has 3 aromatic rings. The Balaban J connectivity index is 1.39. The van der Waals surface area contributed by atoms with E-state index in [1.165, 1.54) is 5.56 Å². The maximum atomic E-state index is 13.1. The van der Waals surface area contributed by atoms with Gasteiger partial charge in [0, 0.05) is 42.8 Å². The van der Waals surface area contributed by atoms with Crippen LogP contribution in [-0.4, -0.2) is 40.8 Å². The number of hydrogen-bond donors (Lipinski definition) is 2. The number of amides is 2. The fourth-order valence-corrected chi connectivity index (χ4v) is 3.99. The number of aromatic nitrogens is 1. The van der Waals surface area contributed by atoms with Gasteiger partial charge in [-0.15, -0.1) is 0 Å². The van der Waals surface area contributed by atoms with Gasteiger partial charge in [0.05, 0.1) is 11.3 Å². The Morgan fingerprint density at radius 1 is 0.906 bits per heavy atom. The monoisotopic (exact) mass is 428 g/mol. The molecule has 6 heteroatoms. The number of rotatable bonds is 5. The topological polar surface area (TPSA) is 74.3 Å². The number of nitrogens with zero attached hydrogens (tertiary/aromatic N) is 2. The third-order valence-electron chi connectivity index (χ3n) is 6.09. The van der Waals surface area contributed by atoms with Crippen LogP contribution in [0.5, 0.6) is 0 Å². The zero-order valence-corrected chi connectivity index (χ0v) is 18.5. The highest BCUT2D eigenvalue weighted by atomic mass is 16.2. The number of hydrogen-bond acceptors (Lipinski definition) is 4. The SMILES string of the molecule is Cc1cccc(Nc2ccccc2C(=O)NC2CCN(C(=O)c3ccncc3)CC2)c1C. The Morgan fingerprint density at radius 2 is 1.59 bits per heavy atom. The number of pyridine rings is 1. The van der Waals surface area contributed by atoms with Gasteiger partial charge < -0.3 is 15.5 Å². The molecule has 0 saturated carbocycles. The molecule has 32 heavy (non-hydrogen) atoms. The maximum absolute atomic E-state index is 13.1. The average molecular weight is 429 g/mol. The molecule has 2 amide bonds. The molecule has 2 heterocycles. The lowest BCUT2D eigenvalue weighted by molar-refractivity contribution is 0.0698. The van der Waals surface area contributed by atoms with Crippen LogP contribution < -0.4 is 10.6 Å². The molecule has 0 aliphatic carbocycles. The van der Waals surface area contributed by atoms with Crippen molar-refractivity contribution < 1.29 is 9.59 Å². The van der Waals surface area contributed by atoms with E-state index in [-0.39, 0.29) is 17.9 Å². The fourth-order valence-electron chi connectivity index (χ4n) is 3.99. The summed E-state index contributed by atoms with van der Waals surface area (Å²) in [6.07, 6.45) is 4.72. The minimum Gasteiger partial charge on any atom is -0.355 e. The highest BCUT2D eigenvalue weighted by Gasteiger charge is 2.25. The van der Waals surface area contributed by atoms with Crippen LogP contribution in [0.4, 0.5) is 11.4 Å². The summed E-state index contributed by atoms with van der Waals surface area (Å²) in [7, 11) is 0. The van der Waals surface area contributed by atoms with Crippen LogP contribution >= 0.6 is 0 Å². The molecule has 1 aliphatic heterocycles. The van der Waals surface area contributed by atoms with Crippen LogP contribution in [0.15, 0.2) is 67.0 Å². The number of para-hydroxylation sites is 1. The summed E-state index contributed by atoms with van der Waals surface area (Å²) in [4.78, 5) is 31.5. The smallest absolute Gasteiger partial charge is 0.253 e. The van der Waals surface area contributed by atoms with Crippen LogP contribution in [-0.2, 0) is 0 Å². The molecule has 0 atom stereocenters. The van der Waals surface area contributed by atoms with E-state index < -0.39 is 0 Å². The van der Waals surface area contributed by atoms with Gasteiger partial charge in [-0.2, -0.15) is 0 Å². The van der Waals surface area contributed by atoms with E-state index in [4.69, 9.17) is 0 Å². The molecule has 0 bridgehead atoms. The van der Waals surface area contributed by atoms with Gasteiger partial charge in [0.15, 0.2) is 0 Å². The number of anilines is 2. The molecular weight excluding hydrogens is 400 g/mol. The predicted molar refractivity (Wildman–Crippen MR) is 126 cm³/mol. The van der Waals surface area contributed by atoms with Crippen molar-refractivity contribution in [1.82, 2.24) is 15.2 Å². The summed E-state index contributed by atoms with van der Waals surface area (Å²) in [6.45, 7) is 5.38. The van der Waals surface area contributed by atoms with Crippen LogP contribution in [0.3, 0.4) is 0 Å². The number of carbonyl (C=O) groups is 2. The Bertz CT molecular complexity index is 1110. The van der Waals surface area contributed by atoms with Crippen molar-refractivity contribution in [2.75, 3.05) is 18.4 Å². The lowest BCUT2D eigenvalue weighted by Crippen LogP contribution is -2.46. The maximum Gasteiger partial charge on any atom is 0.253 e. The molecule has 6 nitrogen and oxygen atoms in total. The molecule has 1 aromatic heterocycles. The van der Waals surface area contributed by atoms with Gasteiger partial charge in [0.1, 0.15) is 0 Å². The molecule has 1 saturated heterocycles. The molecule has 0 unspecified atom stereocenters. The predicted octanol–water partition coefficient (Wildman–Crippen LogP) is 4.48. The van der Waals surface area contributed by atoms with Crippen molar-refractivity contribution in [1.29, 1.82) is 0 Å². The van der Waals surface area contributed by atoms with Gasteiger partial charge in [-0.05, 0) is 68.1 Å². The normalized spacial score (nSPS) is 14.1. The highest BCUT2D eigenvalue weighted by Crippen LogP contribution is 2.25. The van der Waals surface area contributed by atoms with Gasteiger partial charge >= 0.3 is 0 Å². The second-order valence-electron chi connectivity index (χ2n) is 8.19. The van der Waals surface area contributed by atoms with Crippen molar-refractivity contribution in [3.8, 4) is 0 Å². The number of benzene rings is 2. The Morgan fingerprint density at radius 3 is 2.34 bits per heavy atom. The minimum absolute atomic E-state index is 0.0141. The van der Waals surface area contributed by atoms with Crippen molar-refractivity contribution in [3.63, 3.8) is 0 Å². The molecule has 2 N–H and O–H groups in total. The summed E-state index contributed by atoms with van der Waals surface area (Å²) in [5.41, 5.74) is 5.40. The van der Waals surface area contributed by atoms with E-state index in [1.54, 1.807) is 24.5 Å². The van der Waals surface area contributed by atoms with Crippen LogP contribution in [0.25, 0.3) is 0 Å². The lowest BCUT2D eigenvalue weighted by atomic mass is 10.0. The van der Waals surface area contributed by atoms with Crippen LogP contribution in [0, 0.1) is 13.8 Å². The summed E-state index contributed by atoms with van der Waals surface area (Å²) in [6, 6.07) is 17.2. The number of nitrogens with one attached hydrogen (secondary N) is 2. The first-order valence-electron chi connectivity index (χ1n) is 11.0. The number of aryl methyl sites for hydroxylation is 1. The Labute approximate surface area is 188 Å². The van der Waals surface area contributed by atoms with E-state index in [0.29, 0.717) is 24.2 Å². The second-order valence-corrected chi connectivity index (χ2v) is 8.19. The molecule has 0 spiro atoms. The first-order chi connectivity index (χ1) is 15.5. The largest absolute Gasteiger partial charge is 0.355 e. The number of piperidine rings is 1. The average Bonchev–Trinajstić information content (AvgIpc) is 2.83. The molecular formula is C26H28N4O2. The lowest BCUT2D eigenvalue weighted by Gasteiger charge is -2.32. The first kappa shape index (κ1) is 21.6. The molecule has 2 aromatic carbocycles. The van der Waals surface area contributed by atoms with E-state index in [1.807, 2.05) is 41.3 Å². The molecule has 164 valence electrons. The standard InChI is InChI=1S/C26H28N4O2/c1-18-6-5-9-23(19(18)2)29-24-8-4-3-7-22(24)25(31)28-21-12-16-30(17-13-21)26(32)20-10-14-27-15-11-20/h3-11,14-15,21,29H,12-13,16-17H2,1-2H3,(H,28,31). The van der Waals surface area contributed by atoms with Crippen molar-refractivity contribution in [2.24, 2.45) is 0 Å².